The van der Waals surface area contributed by atoms with Crippen LogP contribution in [-0.4, -0.2) is 24.0 Å². The van der Waals surface area contributed by atoms with Crippen molar-refractivity contribution in [1.29, 1.82) is 0 Å². The number of imidazole rings is 2. The lowest BCUT2D eigenvalue weighted by Crippen LogP contribution is -2.16. The first kappa shape index (κ1) is 36.7. The third kappa shape index (κ3) is 5.18. The molecule has 1 atom stereocenters. The van der Waals surface area contributed by atoms with Crippen molar-refractivity contribution in [1.82, 2.24) is 18.9 Å². The molecule has 0 saturated heterocycles. The first-order chi connectivity index (χ1) is 32.6. The fourth-order valence-corrected chi connectivity index (χ4v) is 10.8. The Balaban J connectivity index is 0.992. The second kappa shape index (κ2) is 13.9. The van der Waals surface area contributed by atoms with E-state index >= 15 is 0 Å². The predicted octanol–water partition coefficient (Wildman–Crippen LogP) is 13.9. The SMILES string of the molecule is O=c1c2cccc3c(-c4ccc5c6c(cccc46)-c4nc6c(-c7ccccc7)cc(-c7ccccc7)cc6n4C5O)ccc(c32)c2nc3c(-c4ccccc4)cc(-c4ccccc4)cc3n12. The van der Waals surface area contributed by atoms with Gasteiger partial charge >= 0.3 is 0 Å². The number of rotatable bonds is 5. The summed E-state index contributed by atoms with van der Waals surface area (Å²) in [7, 11) is 0. The van der Waals surface area contributed by atoms with Gasteiger partial charge in [0.1, 0.15) is 11.5 Å². The van der Waals surface area contributed by atoms with Gasteiger partial charge in [-0.1, -0.05) is 170 Å². The minimum Gasteiger partial charge on any atom is -0.369 e. The van der Waals surface area contributed by atoms with Crippen LogP contribution in [-0.2, 0) is 0 Å². The van der Waals surface area contributed by atoms with Crippen LogP contribution in [0.25, 0.3) is 127 Å². The molecule has 6 heteroatoms. The monoisotopic (exact) mass is 844 g/mol. The number of hydrogen-bond acceptors (Lipinski definition) is 4. The zero-order valence-electron chi connectivity index (χ0n) is 35.4. The molecule has 0 saturated carbocycles. The van der Waals surface area contributed by atoms with Crippen LogP contribution in [0.3, 0.4) is 0 Å². The summed E-state index contributed by atoms with van der Waals surface area (Å²) in [6.07, 6.45) is -0.976. The molecule has 0 amide bonds. The molecule has 14 rings (SSSR count). The lowest BCUT2D eigenvalue weighted by Gasteiger charge is -2.26. The average molecular weight is 845 g/mol. The molecule has 0 fully saturated rings. The molecular weight excluding hydrogens is 809 g/mol. The molecule has 13 aromatic rings. The van der Waals surface area contributed by atoms with Gasteiger partial charge < -0.3 is 5.11 Å². The number of pyridine rings is 1. The molecule has 4 heterocycles. The highest BCUT2D eigenvalue weighted by Gasteiger charge is 2.31. The number of hydrogen-bond donors (Lipinski definition) is 1. The van der Waals surface area contributed by atoms with E-state index in [-0.39, 0.29) is 5.56 Å². The summed E-state index contributed by atoms with van der Waals surface area (Å²) in [5, 5.41) is 17.9. The normalized spacial score (nSPS) is 13.4. The number of fused-ring (bicyclic) bond motifs is 8. The van der Waals surface area contributed by atoms with Crippen LogP contribution < -0.4 is 5.56 Å². The Morgan fingerprint density at radius 1 is 0.394 bits per heavy atom. The van der Waals surface area contributed by atoms with E-state index in [2.05, 4.69) is 146 Å². The van der Waals surface area contributed by atoms with Crippen LogP contribution in [0.2, 0.25) is 0 Å². The molecule has 1 N–H and O–H groups in total. The Morgan fingerprint density at radius 2 is 0.909 bits per heavy atom. The first-order valence-electron chi connectivity index (χ1n) is 22.3. The van der Waals surface area contributed by atoms with E-state index in [1.807, 2.05) is 69.6 Å². The molecule has 6 nitrogen and oxygen atoms in total. The van der Waals surface area contributed by atoms with E-state index in [0.717, 1.165) is 122 Å². The number of nitrogens with zero attached hydrogens (tertiary/aromatic N) is 4. The average Bonchev–Trinajstić information content (AvgIpc) is 3.98. The van der Waals surface area contributed by atoms with Gasteiger partial charge in [0.15, 0.2) is 6.23 Å². The highest BCUT2D eigenvalue weighted by molar-refractivity contribution is 6.21. The quantitative estimate of drug-likeness (QED) is 0.187. The van der Waals surface area contributed by atoms with E-state index in [1.165, 1.54) is 0 Å². The summed E-state index contributed by atoms with van der Waals surface area (Å²) in [4.78, 5) is 25.7. The zero-order valence-corrected chi connectivity index (χ0v) is 35.4. The molecule has 1 aliphatic rings. The van der Waals surface area contributed by atoms with Gasteiger partial charge in [0.05, 0.1) is 22.1 Å². The van der Waals surface area contributed by atoms with Crippen molar-refractivity contribution < 1.29 is 5.11 Å². The summed E-state index contributed by atoms with van der Waals surface area (Å²) in [6, 6.07) is 70.9. The van der Waals surface area contributed by atoms with E-state index in [0.29, 0.717) is 11.0 Å². The molecule has 10 aromatic carbocycles. The van der Waals surface area contributed by atoms with Gasteiger partial charge in [-0.2, -0.15) is 0 Å². The van der Waals surface area contributed by atoms with E-state index in [4.69, 9.17) is 9.97 Å². The van der Waals surface area contributed by atoms with Gasteiger partial charge in [0.25, 0.3) is 5.56 Å². The number of aromatic nitrogens is 4. The zero-order chi connectivity index (χ0) is 43.6. The van der Waals surface area contributed by atoms with Crippen molar-refractivity contribution in [3.05, 3.63) is 222 Å². The smallest absolute Gasteiger partial charge is 0.264 e. The summed E-state index contributed by atoms with van der Waals surface area (Å²) in [5.41, 5.74) is 15.9. The highest BCUT2D eigenvalue weighted by atomic mass is 16.3. The van der Waals surface area contributed by atoms with Crippen molar-refractivity contribution >= 4 is 60.0 Å². The van der Waals surface area contributed by atoms with Crippen LogP contribution >= 0.6 is 0 Å². The van der Waals surface area contributed by atoms with Gasteiger partial charge in [-0.3, -0.25) is 13.8 Å². The third-order valence-corrected chi connectivity index (χ3v) is 13.8. The van der Waals surface area contributed by atoms with Crippen LogP contribution in [0.1, 0.15) is 11.8 Å². The second-order valence-electron chi connectivity index (χ2n) is 17.3. The maximum Gasteiger partial charge on any atom is 0.264 e. The molecule has 0 bridgehead atoms. The van der Waals surface area contributed by atoms with Crippen molar-refractivity contribution in [2.45, 2.75) is 6.23 Å². The molecule has 308 valence electrons. The lowest BCUT2D eigenvalue weighted by molar-refractivity contribution is 0.152. The number of aliphatic hydroxyl groups is 1. The molecular formula is C60H36N4O2. The van der Waals surface area contributed by atoms with E-state index in [1.54, 1.807) is 0 Å². The molecule has 0 radical (unpaired) electrons. The number of benzene rings is 10. The maximum absolute atomic E-state index is 15.0. The Hall–Kier alpha value is -8.71. The van der Waals surface area contributed by atoms with Gasteiger partial charge in [0.2, 0.25) is 0 Å². The van der Waals surface area contributed by atoms with Gasteiger partial charge in [-0.25, -0.2) is 9.97 Å². The van der Waals surface area contributed by atoms with Crippen LogP contribution in [0.4, 0.5) is 0 Å². The highest BCUT2D eigenvalue weighted by Crippen LogP contribution is 2.48. The lowest BCUT2D eigenvalue weighted by atomic mass is 9.87. The maximum atomic E-state index is 15.0. The van der Waals surface area contributed by atoms with Crippen molar-refractivity contribution in [3.63, 3.8) is 0 Å². The fourth-order valence-electron chi connectivity index (χ4n) is 10.8. The standard InChI is InChI=1S/C60H36N4O2/c65-59-47-26-14-24-44-41(27-29-46(54(44)47)58-62-56-50(38-21-11-4-12-22-38)32-40(34-52(56)64(58)59)36-17-7-2-8-18-36)42-28-30-48-53-43(42)23-13-25-45(53)57-61-55-49(37-19-9-3-10-20-37)31-39(35-15-5-1-6-16-35)33-51(55)63(57)60(48)66/h1-34,60,66H. The van der Waals surface area contributed by atoms with E-state index < -0.39 is 6.23 Å². The second-order valence-corrected chi connectivity index (χ2v) is 17.3. The van der Waals surface area contributed by atoms with Crippen LogP contribution in [0.5, 0.6) is 0 Å². The molecule has 1 aliphatic heterocycles. The van der Waals surface area contributed by atoms with Crippen molar-refractivity contribution in [2.24, 2.45) is 0 Å². The van der Waals surface area contributed by atoms with Gasteiger partial charge in [-0.05, 0) is 91.7 Å². The Kier molecular flexibility index (Phi) is 7.73. The summed E-state index contributed by atoms with van der Waals surface area (Å²) in [5.74, 6) is 0.724. The minimum atomic E-state index is -0.976. The summed E-state index contributed by atoms with van der Waals surface area (Å²) < 4.78 is 3.81. The largest absolute Gasteiger partial charge is 0.369 e. The third-order valence-electron chi connectivity index (χ3n) is 13.8. The van der Waals surface area contributed by atoms with E-state index in [9.17, 15) is 9.90 Å². The van der Waals surface area contributed by atoms with Gasteiger partial charge in [-0.15, -0.1) is 0 Å². The molecule has 0 aliphatic carbocycles. The van der Waals surface area contributed by atoms with Gasteiger partial charge in [0, 0.05) is 43.8 Å². The molecule has 1 unspecified atom stereocenters. The minimum absolute atomic E-state index is 0.101. The molecule has 66 heavy (non-hydrogen) atoms. The predicted molar refractivity (Wildman–Crippen MR) is 269 cm³/mol. The molecule has 3 aromatic heterocycles. The Morgan fingerprint density at radius 3 is 1.53 bits per heavy atom. The Bertz CT molecular complexity index is 4180. The van der Waals surface area contributed by atoms with Crippen molar-refractivity contribution in [2.75, 3.05) is 0 Å². The fraction of sp³-hybridized carbons (Fsp3) is 0.0167. The first-order valence-corrected chi connectivity index (χ1v) is 22.3. The van der Waals surface area contributed by atoms with Crippen molar-refractivity contribution in [3.8, 4) is 67.0 Å². The Labute approximate surface area is 377 Å². The number of aliphatic hydroxyl groups excluding tert-OH is 1. The van der Waals surface area contributed by atoms with Crippen LogP contribution in [0, 0.1) is 0 Å². The summed E-state index contributed by atoms with van der Waals surface area (Å²) >= 11 is 0. The molecule has 0 spiro atoms. The summed E-state index contributed by atoms with van der Waals surface area (Å²) in [6.45, 7) is 0. The topological polar surface area (TPSA) is 72.4 Å². The van der Waals surface area contributed by atoms with Crippen LogP contribution in [0.15, 0.2) is 211 Å².